The third kappa shape index (κ3) is 18.8. The fourth-order valence-corrected chi connectivity index (χ4v) is 10.3. The number of fused-ring (bicyclic) bond motifs is 9. The van der Waals surface area contributed by atoms with Gasteiger partial charge >= 0.3 is 19.5 Å². The van der Waals surface area contributed by atoms with Crippen LogP contribution in [-0.2, 0) is 19.5 Å². The van der Waals surface area contributed by atoms with Gasteiger partial charge in [-0.1, -0.05) is 200 Å². The van der Waals surface area contributed by atoms with E-state index in [1.807, 2.05) is 73.2 Å². The summed E-state index contributed by atoms with van der Waals surface area (Å²) in [5.74, 6) is 0. The summed E-state index contributed by atoms with van der Waals surface area (Å²) >= 11 is 0. The Morgan fingerprint density at radius 1 is 0.223 bits per heavy atom. The Hall–Kier alpha value is -9.55. The van der Waals surface area contributed by atoms with Crippen LogP contribution in [0.2, 0.25) is 0 Å². The molecule has 22 heteroatoms. The molecule has 0 saturated carbocycles. The van der Waals surface area contributed by atoms with Crippen LogP contribution >= 0.6 is 0 Å². The average molecular weight is 1400 g/mol. The van der Waals surface area contributed by atoms with Crippen LogP contribution in [0.25, 0.3) is 133 Å². The van der Waals surface area contributed by atoms with Crippen molar-refractivity contribution >= 4 is 65.4 Å². The van der Waals surface area contributed by atoms with E-state index in [0.29, 0.717) is 0 Å². The quantitative estimate of drug-likeness (QED) is 0.167. The topological polar surface area (TPSA) is 354 Å². The van der Waals surface area contributed by atoms with Crippen molar-refractivity contribution in [2.45, 2.75) is 0 Å². The Labute approximate surface area is 556 Å². The zero-order valence-corrected chi connectivity index (χ0v) is 52.8. The van der Waals surface area contributed by atoms with Gasteiger partial charge in [0, 0.05) is 84.3 Å². The van der Waals surface area contributed by atoms with E-state index in [9.17, 15) is 0 Å². The van der Waals surface area contributed by atoms with Crippen LogP contribution in [-0.4, -0.2) is 29.9 Å². The SMILES string of the molecule is [O-][Cl+3]([O-])([O-])[O-].[O-][Cl+3]([O-])([O-])[O-].[O-][Cl+3]([O-])([O-])[O-].[Ru+3].c1ccc(-c2cc3ccc4ncccc4c3nc2-c2ccccc2)cc1.c1ccc(-c2cc3ccc4ncccc4c3nc2-c2ccccc2)cc1.c1ccc(-c2cc3ccc4ncccc4c3nc2-c2ccccc2)cc1. The minimum absolute atomic E-state index is 0. The van der Waals surface area contributed by atoms with E-state index in [1.54, 1.807) is 0 Å². The maximum Gasteiger partial charge on any atom is 3.00 e. The van der Waals surface area contributed by atoms with Gasteiger partial charge in [-0.3, -0.25) is 15.0 Å². The molecule has 467 valence electrons. The molecule has 94 heavy (non-hydrogen) atoms. The molecule has 9 aromatic carbocycles. The van der Waals surface area contributed by atoms with Crippen molar-refractivity contribution in [2.75, 3.05) is 0 Å². The molecular weight excluding hydrogens is 1350 g/mol. The van der Waals surface area contributed by atoms with Gasteiger partial charge in [0.05, 0.1) is 50.2 Å². The first-order valence-electron chi connectivity index (χ1n) is 27.9. The largest absolute Gasteiger partial charge is 3.00 e. The summed E-state index contributed by atoms with van der Waals surface area (Å²) in [6.45, 7) is 0. The number of hydrogen-bond donors (Lipinski definition) is 0. The van der Waals surface area contributed by atoms with Crippen LogP contribution in [0.3, 0.4) is 0 Å². The molecule has 0 aliphatic heterocycles. The molecule has 0 atom stereocenters. The molecule has 6 aromatic heterocycles. The molecule has 0 aliphatic carbocycles. The van der Waals surface area contributed by atoms with Gasteiger partial charge in [0.2, 0.25) is 0 Å². The van der Waals surface area contributed by atoms with E-state index in [2.05, 4.69) is 233 Å². The van der Waals surface area contributed by atoms with Crippen LogP contribution in [0.5, 0.6) is 0 Å². The Kier molecular flexibility index (Phi) is 23.0. The number of nitrogens with zero attached hydrogens (tertiary/aromatic N) is 6. The van der Waals surface area contributed by atoms with Crippen molar-refractivity contribution in [3.8, 4) is 67.2 Å². The number of halogens is 3. The Bertz CT molecular complexity index is 4460. The van der Waals surface area contributed by atoms with Gasteiger partial charge in [0.25, 0.3) is 0 Å². The second kappa shape index (κ2) is 31.4. The van der Waals surface area contributed by atoms with E-state index in [4.69, 9.17) is 70.9 Å². The molecule has 15 aromatic rings. The minimum Gasteiger partial charge on any atom is -0.256 e. The first-order valence-corrected chi connectivity index (χ1v) is 31.6. The maximum absolute atomic E-state index is 8.49. The number of benzene rings is 9. The molecule has 15 rings (SSSR count). The molecule has 1 radical (unpaired) electrons. The fraction of sp³-hybridized carbons (Fsp3) is 0. The monoisotopic (exact) mass is 1400 g/mol. The van der Waals surface area contributed by atoms with Gasteiger partial charge in [-0.05, 0) is 89.5 Å². The van der Waals surface area contributed by atoms with Gasteiger partial charge < -0.3 is 0 Å². The van der Waals surface area contributed by atoms with Crippen LogP contribution in [0.15, 0.2) is 292 Å². The maximum atomic E-state index is 8.49. The Balaban J connectivity index is 0.000000149. The van der Waals surface area contributed by atoms with Crippen molar-refractivity contribution in [3.63, 3.8) is 0 Å². The summed E-state index contributed by atoms with van der Waals surface area (Å²) in [7, 11) is -14.8. The predicted octanol–water partition coefficient (Wildman–Crippen LogP) is 4.08. The van der Waals surface area contributed by atoms with Gasteiger partial charge in [-0.2, -0.15) is 0 Å². The first kappa shape index (κ1) is 68.8. The van der Waals surface area contributed by atoms with Crippen LogP contribution in [0, 0.1) is 30.7 Å². The molecule has 0 fully saturated rings. The number of rotatable bonds is 6. The number of hydrogen-bond acceptors (Lipinski definition) is 18. The molecule has 0 saturated heterocycles. The smallest absolute Gasteiger partial charge is 0.256 e. The summed E-state index contributed by atoms with van der Waals surface area (Å²) in [5, 5.41) is 6.64. The van der Waals surface area contributed by atoms with Crippen molar-refractivity contribution in [1.29, 1.82) is 0 Å². The van der Waals surface area contributed by atoms with Gasteiger partial charge in [0.15, 0.2) is 0 Å². The standard InChI is InChI=1S/3C24H16N2.3ClHO4.Ru/c3*1-3-8-17(9-4-1)21-16-19-13-14-22-20(12-7-15-25-22)24(19)26-23(21)18-10-5-2-6-11-18;3*2-1(3,4)5;/h3*1-16H;3*(H,2,3,4,5);/q;;;;;;+3/p-3. The molecule has 0 spiro atoms. The third-order valence-corrected chi connectivity index (χ3v) is 14.1. The fourth-order valence-electron chi connectivity index (χ4n) is 10.3. The minimum atomic E-state index is -4.94. The van der Waals surface area contributed by atoms with Crippen LogP contribution in [0.1, 0.15) is 0 Å². The average Bonchev–Trinajstić information content (AvgIpc) is 0.781. The number of pyridine rings is 6. The molecule has 0 unspecified atom stereocenters. The first-order chi connectivity index (χ1) is 44.7. The summed E-state index contributed by atoms with van der Waals surface area (Å²) < 4.78 is 102. The number of aromatic nitrogens is 6. The van der Waals surface area contributed by atoms with E-state index in [-0.39, 0.29) is 19.5 Å². The van der Waals surface area contributed by atoms with E-state index in [1.165, 1.54) is 16.7 Å². The molecule has 0 amide bonds. The van der Waals surface area contributed by atoms with Gasteiger partial charge in [0.1, 0.15) is 0 Å². The molecule has 6 heterocycles. The molecule has 18 nitrogen and oxygen atoms in total. The van der Waals surface area contributed by atoms with Crippen molar-refractivity contribution in [3.05, 3.63) is 292 Å². The van der Waals surface area contributed by atoms with Gasteiger partial charge in [-0.25, -0.2) is 70.9 Å². The Morgan fingerprint density at radius 2 is 0.426 bits per heavy atom. The van der Waals surface area contributed by atoms with Gasteiger partial charge in [-0.15, -0.1) is 30.7 Å². The summed E-state index contributed by atoms with van der Waals surface area (Å²) in [6.07, 6.45) is 5.47. The van der Waals surface area contributed by atoms with Crippen molar-refractivity contribution in [2.24, 2.45) is 0 Å². The molecular formula is C72H48Cl3N6O12Ru. The predicted molar refractivity (Wildman–Crippen MR) is 324 cm³/mol. The van der Waals surface area contributed by atoms with E-state index in [0.717, 1.165) is 116 Å². The van der Waals surface area contributed by atoms with Crippen molar-refractivity contribution < 1.29 is 106 Å². The zero-order chi connectivity index (χ0) is 65.5. The second-order valence-corrected chi connectivity index (χ2v) is 22.4. The van der Waals surface area contributed by atoms with Crippen molar-refractivity contribution in [1.82, 2.24) is 29.9 Å². The zero-order valence-electron chi connectivity index (χ0n) is 48.8. The summed E-state index contributed by atoms with van der Waals surface area (Å²) in [5.41, 5.74) is 19.2. The molecule has 0 aliphatic rings. The normalized spacial score (nSPS) is 11.1. The molecule has 0 N–H and O–H groups in total. The van der Waals surface area contributed by atoms with Crippen LogP contribution in [0.4, 0.5) is 0 Å². The van der Waals surface area contributed by atoms with E-state index >= 15 is 0 Å². The van der Waals surface area contributed by atoms with Crippen LogP contribution < -0.4 is 55.9 Å². The third-order valence-electron chi connectivity index (χ3n) is 14.1. The second-order valence-electron chi connectivity index (χ2n) is 20.1. The Morgan fingerprint density at radius 3 is 0.638 bits per heavy atom. The molecule has 0 bridgehead atoms. The summed E-state index contributed by atoms with van der Waals surface area (Å²) in [4.78, 5) is 28.8. The van der Waals surface area contributed by atoms with E-state index < -0.39 is 30.7 Å². The summed E-state index contributed by atoms with van der Waals surface area (Å²) in [6, 6.07) is 93.9.